The van der Waals surface area contributed by atoms with Crippen LogP contribution in [0, 0.1) is 0 Å². The van der Waals surface area contributed by atoms with Crippen molar-refractivity contribution in [2.45, 2.75) is 25.4 Å². The van der Waals surface area contributed by atoms with Crippen molar-refractivity contribution in [2.75, 3.05) is 13.4 Å². The first kappa shape index (κ1) is 9.04. The van der Waals surface area contributed by atoms with Gasteiger partial charge in [-0.3, -0.25) is 0 Å². The molecule has 0 saturated carbocycles. The van der Waals surface area contributed by atoms with Crippen LogP contribution >= 0.6 is 0 Å². The summed E-state index contributed by atoms with van der Waals surface area (Å²) in [5, 5.41) is 0. The van der Waals surface area contributed by atoms with Gasteiger partial charge in [0.1, 0.15) is 0 Å². The lowest BCUT2D eigenvalue weighted by atomic mass is 10.0. The molecule has 3 nitrogen and oxygen atoms in total. The number of ether oxygens (including phenoxy) is 3. The maximum Gasteiger partial charge on any atom is 0.231 e. The summed E-state index contributed by atoms with van der Waals surface area (Å²) >= 11 is 0. The molecule has 0 aromatic heterocycles. The molecule has 1 aromatic rings. The molecule has 1 saturated heterocycles. The van der Waals surface area contributed by atoms with Crippen LogP contribution in [0.1, 0.15) is 18.9 Å². The fourth-order valence-electron chi connectivity index (χ4n) is 1.77. The molecule has 1 aromatic carbocycles. The van der Waals surface area contributed by atoms with Crippen LogP contribution in [0.25, 0.3) is 0 Å². The van der Waals surface area contributed by atoms with E-state index in [2.05, 4.69) is 19.1 Å². The van der Waals surface area contributed by atoms with Crippen LogP contribution in [0.15, 0.2) is 18.2 Å². The zero-order chi connectivity index (χ0) is 10.3. The fourth-order valence-corrected chi connectivity index (χ4v) is 1.77. The van der Waals surface area contributed by atoms with Crippen molar-refractivity contribution in [3.8, 4) is 11.5 Å². The van der Waals surface area contributed by atoms with Gasteiger partial charge in [-0.25, -0.2) is 0 Å². The third kappa shape index (κ3) is 1.79. The van der Waals surface area contributed by atoms with Crippen LogP contribution in [0.4, 0.5) is 0 Å². The minimum absolute atomic E-state index is 0.135. The molecule has 0 amide bonds. The van der Waals surface area contributed by atoms with Crippen molar-refractivity contribution in [1.82, 2.24) is 0 Å². The molecule has 2 heterocycles. The Morgan fingerprint density at radius 1 is 1.27 bits per heavy atom. The molecular formula is C12H14O3. The lowest BCUT2D eigenvalue weighted by molar-refractivity contribution is 0.174. The van der Waals surface area contributed by atoms with E-state index >= 15 is 0 Å². The lowest BCUT2D eigenvalue weighted by Gasteiger charge is -2.05. The van der Waals surface area contributed by atoms with Gasteiger partial charge in [-0.15, -0.1) is 0 Å². The zero-order valence-corrected chi connectivity index (χ0v) is 8.79. The highest BCUT2D eigenvalue weighted by Gasteiger charge is 2.38. The Bertz CT molecular complexity index is 382. The summed E-state index contributed by atoms with van der Waals surface area (Å²) in [6.45, 7) is 3.40. The van der Waals surface area contributed by atoms with E-state index in [0.717, 1.165) is 30.9 Å². The van der Waals surface area contributed by atoms with Crippen molar-refractivity contribution < 1.29 is 14.2 Å². The van der Waals surface area contributed by atoms with E-state index in [-0.39, 0.29) is 5.60 Å². The maximum absolute atomic E-state index is 5.35. The molecule has 1 unspecified atom stereocenters. The molecule has 0 N–H and O–H groups in total. The third-order valence-electron chi connectivity index (χ3n) is 3.02. The number of aryl methyl sites for hydroxylation is 1. The molecule has 0 aliphatic carbocycles. The second-order valence-electron chi connectivity index (χ2n) is 4.43. The van der Waals surface area contributed by atoms with Gasteiger partial charge in [0, 0.05) is 0 Å². The molecule has 2 aliphatic heterocycles. The number of benzene rings is 1. The molecule has 80 valence electrons. The Hall–Kier alpha value is -1.22. The summed E-state index contributed by atoms with van der Waals surface area (Å²) in [7, 11) is 0. The Morgan fingerprint density at radius 3 is 2.87 bits per heavy atom. The van der Waals surface area contributed by atoms with Gasteiger partial charge in [0.2, 0.25) is 6.79 Å². The van der Waals surface area contributed by atoms with E-state index in [1.807, 2.05) is 6.07 Å². The predicted molar refractivity (Wildman–Crippen MR) is 55.2 cm³/mol. The Kier molecular flexibility index (Phi) is 1.89. The first-order valence-corrected chi connectivity index (χ1v) is 5.28. The van der Waals surface area contributed by atoms with Crippen molar-refractivity contribution in [3.63, 3.8) is 0 Å². The molecule has 15 heavy (non-hydrogen) atoms. The molecule has 0 radical (unpaired) electrons. The van der Waals surface area contributed by atoms with Crippen molar-refractivity contribution in [2.24, 2.45) is 0 Å². The number of epoxide rings is 1. The Morgan fingerprint density at radius 2 is 2.07 bits per heavy atom. The first-order chi connectivity index (χ1) is 7.25. The average molecular weight is 206 g/mol. The third-order valence-corrected chi connectivity index (χ3v) is 3.02. The van der Waals surface area contributed by atoms with Gasteiger partial charge in [-0.1, -0.05) is 6.07 Å². The molecular weight excluding hydrogens is 192 g/mol. The fraction of sp³-hybridized carbons (Fsp3) is 0.500. The largest absolute Gasteiger partial charge is 0.454 e. The van der Waals surface area contributed by atoms with E-state index in [9.17, 15) is 0 Å². The van der Waals surface area contributed by atoms with Gasteiger partial charge in [0.05, 0.1) is 12.2 Å². The molecule has 1 atom stereocenters. The highest BCUT2D eigenvalue weighted by Crippen LogP contribution is 2.35. The minimum Gasteiger partial charge on any atom is -0.454 e. The van der Waals surface area contributed by atoms with Gasteiger partial charge in [0.25, 0.3) is 0 Å². The number of fused-ring (bicyclic) bond motifs is 1. The smallest absolute Gasteiger partial charge is 0.231 e. The van der Waals surface area contributed by atoms with E-state index in [1.54, 1.807) is 0 Å². The van der Waals surface area contributed by atoms with Crippen molar-refractivity contribution in [3.05, 3.63) is 23.8 Å². The van der Waals surface area contributed by atoms with Crippen LogP contribution in [0.3, 0.4) is 0 Å². The summed E-state index contributed by atoms with van der Waals surface area (Å²) in [5.74, 6) is 1.72. The van der Waals surface area contributed by atoms with Gasteiger partial charge in [-0.05, 0) is 37.5 Å². The van der Waals surface area contributed by atoms with E-state index in [1.165, 1.54) is 5.56 Å². The molecule has 0 bridgehead atoms. The minimum atomic E-state index is 0.135. The Labute approximate surface area is 89.0 Å². The standard InChI is InChI=1S/C12H14O3/c1-12(7-15-12)5-4-9-2-3-10-11(6-9)14-8-13-10/h2-3,6H,4-5,7-8H2,1H3. The molecule has 2 aliphatic rings. The molecule has 0 spiro atoms. The van der Waals surface area contributed by atoms with Crippen LogP contribution in [-0.2, 0) is 11.2 Å². The second kappa shape index (κ2) is 3.14. The average Bonchev–Trinajstić information content (AvgIpc) is 2.80. The SMILES string of the molecule is CC1(CCc2ccc3c(c2)OCO3)CO1. The summed E-state index contributed by atoms with van der Waals surface area (Å²) in [6.07, 6.45) is 2.11. The van der Waals surface area contributed by atoms with E-state index in [0.29, 0.717) is 6.79 Å². The van der Waals surface area contributed by atoms with Gasteiger partial charge < -0.3 is 14.2 Å². The summed E-state index contributed by atoms with van der Waals surface area (Å²) in [6, 6.07) is 6.14. The number of rotatable bonds is 3. The van der Waals surface area contributed by atoms with E-state index < -0.39 is 0 Å². The molecule has 3 rings (SSSR count). The number of hydrogen-bond donors (Lipinski definition) is 0. The van der Waals surface area contributed by atoms with Gasteiger partial charge in [0.15, 0.2) is 11.5 Å². The van der Waals surface area contributed by atoms with Gasteiger partial charge >= 0.3 is 0 Å². The number of hydrogen-bond acceptors (Lipinski definition) is 3. The first-order valence-electron chi connectivity index (χ1n) is 5.28. The highest BCUT2D eigenvalue weighted by atomic mass is 16.7. The quantitative estimate of drug-likeness (QED) is 0.710. The summed E-state index contributed by atoms with van der Waals surface area (Å²) < 4.78 is 16.0. The molecule has 1 fully saturated rings. The van der Waals surface area contributed by atoms with Gasteiger partial charge in [-0.2, -0.15) is 0 Å². The normalized spacial score (nSPS) is 26.7. The van der Waals surface area contributed by atoms with Crippen LogP contribution < -0.4 is 9.47 Å². The Balaban J connectivity index is 1.70. The van der Waals surface area contributed by atoms with E-state index in [4.69, 9.17) is 14.2 Å². The van der Waals surface area contributed by atoms with Crippen LogP contribution in [0.5, 0.6) is 11.5 Å². The van der Waals surface area contributed by atoms with Crippen LogP contribution in [0.2, 0.25) is 0 Å². The highest BCUT2D eigenvalue weighted by molar-refractivity contribution is 5.44. The van der Waals surface area contributed by atoms with Crippen LogP contribution in [-0.4, -0.2) is 19.0 Å². The van der Waals surface area contributed by atoms with Crippen molar-refractivity contribution >= 4 is 0 Å². The summed E-state index contributed by atoms with van der Waals surface area (Å²) in [4.78, 5) is 0. The lowest BCUT2D eigenvalue weighted by Crippen LogP contribution is -2.05. The predicted octanol–water partition coefficient (Wildman–Crippen LogP) is 2.14. The van der Waals surface area contributed by atoms with Crippen molar-refractivity contribution in [1.29, 1.82) is 0 Å². The molecule has 3 heteroatoms. The maximum atomic E-state index is 5.35. The monoisotopic (exact) mass is 206 g/mol. The summed E-state index contributed by atoms with van der Waals surface area (Å²) in [5.41, 5.74) is 1.42. The zero-order valence-electron chi connectivity index (χ0n) is 8.79. The topological polar surface area (TPSA) is 31.0 Å². The second-order valence-corrected chi connectivity index (χ2v) is 4.43.